The van der Waals surface area contributed by atoms with E-state index < -0.39 is 4.92 Å². The maximum absolute atomic E-state index is 10.7. The number of pyridine rings is 1. The average Bonchev–Trinajstić information content (AvgIpc) is 2.40. The summed E-state index contributed by atoms with van der Waals surface area (Å²) in [6.45, 7) is 4.38. The molecule has 98 valence electrons. The lowest BCUT2D eigenvalue weighted by molar-refractivity contribution is -0.386. The molecule has 1 aliphatic heterocycles. The number of nitrogens with zero attached hydrogens (tertiary/aromatic N) is 3. The van der Waals surface area contributed by atoms with Gasteiger partial charge in [0.2, 0.25) is 0 Å². The molecule has 0 N–H and O–H groups in total. The number of morpholine rings is 1. The van der Waals surface area contributed by atoms with Crippen molar-refractivity contribution in [2.24, 2.45) is 0 Å². The fraction of sp³-hybridized carbons (Fsp3) is 0.545. The van der Waals surface area contributed by atoms with Gasteiger partial charge in [-0.3, -0.25) is 20.0 Å². The van der Waals surface area contributed by atoms with Crippen molar-refractivity contribution in [1.82, 2.24) is 9.88 Å². The van der Waals surface area contributed by atoms with Crippen molar-refractivity contribution in [3.63, 3.8) is 0 Å². The first-order valence-corrected chi connectivity index (χ1v) is 5.78. The van der Waals surface area contributed by atoms with Crippen LogP contribution in [-0.2, 0) is 4.74 Å². The summed E-state index contributed by atoms with van der Waals surface area (Å²) in [4.78, 5) is 16.2. The lowest BCUT2D eigenvalue weighted by Crippen LogP contribution is -2.38. The topological polar surface area (TPSA) is 77.7 Å². The van der Waals surface area contributed by atoms with Gasteiger partial charge in [0.1, 0.15) is 12.8 Å². The Bertz CT molecular complexity index is 407. The van der Waals surface area contributed by atoms with Crippen LogP contribution in [0.2, 0.25) is 0 Å². The number of hydrogen-bond acceptors (Lipinski definition) is 6. The second-order valence-corrected chi connectivity index (χ2v) is 3.90. The highest BCUT2D eigenvalue weighted by molar-refractivity contribution is 5.42. The molecular weight excluding hydrogens is 238 g/mol. The van der Waals surface area contributed by atoms with E-state index in [-0.39, 0.29) is 11.4 Å². The highest BCUT2D eigenvalue weighted by Crippen LogP contribution is 2.24. The van der Waals surface area contributed by atoms with Gasteiger partial charge in [0, 0.05) is 31.9 Å². The summed E-state index contributed by atoms with van der Waals surface area (Å²) < 4.78 is 10.7. The summed E-state index contributed by atoms with van der Waals surface area (Å²) >= 11 is 0. The molecule has 0 amide bonds. The summed E-state index contributed by atoms with van der Waals surface area (Å²) in [7, 11) is 0. The average molecular weight is 253 g/mol. The molecule has 0 bridgehead atoms. The molecule has 1 fully saturated rings. The smallest absolute Gasteiger partial charge is 0.329 e. The first-order chi connectivity index (χ1) is 8.77. The predicted molar refractivity (Wildman–Crippen MR) is 63.6 cm³/mol. The molecule has 1 saturated heterocycles. The molecule has 0 atom stereocenters. The monoisotopic (exact) mass is 253 g/mol. The van der Waals surface area contributed by atoms with Gasteiger partial charge < -0.3 is 9.47 Å². The Balaban J connectivity index is 1.84. The van der Waals surface area contributed by atoms with Gasteiger partial charge in [0.05, 0.1) is 18.1 Å². The Hall–Kier alpha value is -1.73. The Morgan fingerprint density at radius 1 is 1.50 bits per heavy atom. The van der Waals surface area contributed by atoms with E-state index in [4.69, 9.17) is 9.47 Å². The van der Waals surface area contributed by atoms with E-state index in [1.165, 1.54) is 18.5 Å². The van der Waals surface area contributed by atoms with Gasteiger partial charge in [0.15, 0.2) is 5.75 Å². The van der Waals surface area contributed by atoms with Crippen LogP contribution in [0, 0.1) is 10.1 Å². The minimum atomic E-state index is -0.489. The molecule has 0 radical (unpaired) electrons. The van der Waals surface area contributed by atoms with Crippen LogP contribution in [-0.4, -0.2) is 54.3 Å². The van der Waals surface area contributed by atoms with Crippen LogP contribution in [0.1, 0.15) is 0 Å². The Morgan fingerprint density at radius 2 is 2.28 bits per heavy atom. The van der Waals surface area contributed by atoms with E-state index in [2.05, 4.69) is 9.88 Å². The van der Waals surface area contributed by atoms with Crippen LogP contribution in [0.4, 0.5) is 5.69 Å². The third kappa shape index (κ3) is 3.38. The number of aromatic nitrogens is 1. The first-order valence-electron chi connectivity index (χ1n) is 5.78. The van der Waals surface area contributed by atoms with Crippen molar-refractivity contribution < 1.29 is 14.4 Å². The number of hydrogen-bond donors (Lipinski definition) is 0. The third-order valence-electron chi connectivity index (χ3n) is 2.73. The standard InChI is InChI=1S/C11H15N3O4/c15-14(16)10-9-12-2-1-11(10)18-8-5-13-3-6-17-7-4-13/h1-2,9H,3-8H2. The van der Waals surface area contributed by atoms with Crippen LogP contribution < -0.4 is 4.74 Å². The normalized spacial score (nSPS) is 16.4. The van der Waals surface area contributed by atoms with Crippen LogP contribution in [0.25, 0.3) is 0 Å². The van der Waals surface area contributed by atoms with Gasteiger partial charge in [-0.25, -0.2) is 0 Å². The highest BCUT2D eigenvalue weighted by Gasteiger charge is 2.15. The molecule has 0 saturated carbocycles. The number of ether oxygens (including phenoxy) is 2. The van der Waals surface area contributed by atoms with E-state index in [0.717, 1.165) is 32.8 Å². The van der Waals surface area contributed by atoms with Gasteiger partial charge >= 0.3 is 5.69 Å². The van der Waals surface area contributed by atoms with Gasteiger partial charge in [-0.2, -0.15) is 0 Å². The van der Waals surface area contributed by atoms with E-state index in [1.807, 2.05) is 0 Å². The molecule has 2 rings (SSSR count). The molecule has 7 heteroatoms. The van der Waals surface area contributed by atoms with Gasteiger partial charge in [-0.05, 0) is 0 Å². The molecule has 0 aliphatic carbocycles. The van der Waals surface area contributed by atoms with Crippen LogP contribution in [0.5, 0.6) is 5.75 Å². The zero-order chi connectivity index (χ0) is 12.8. The summed E-state index contributed by atoms with van der Waals surface area (Å²) in [5, 5.41) is 10.7. The quantitative estimate of drug-likeness (QED) is 0.568. The predicted octanol–water partition coefficient (Wildman–Crippen LogP) is 0.701. The summed E-state index contributed by atoms with van der Waals surface area (Å²) in [5.74, 6) is 0.267. The summed E-state index contributed by atoms with van der Waals surface area (Å²) in [6, 6.07) is 1.51. The zero-order valence-corrected chi connectivity index (χ0v) is 9.95. The van der Waals surface area contributed by atoms with Crippen LogP contribution in [0.3, 0.4) is 0 Å². The van der Waals surface area contributed by atoms with E-state index >= 15 is 0 Å². The minimum Gasteiger partial charge on any atom is -0.485 e. The molecule has 1 aliphatic rings. The van der Waals surface area contributed by atoms with Gasteiger partial charge in [0.25, 0.3) is 0 Å². The van der Waals surface area contributed by atoms with Crippen molar-refractivity contribution in [2.75, 3.05) is 39.5 Å². The number of rotatable bonds is 5. The SMILES string of the molecule is O=[N+]([O-])c1cnccc1OCCN1CCOCC1. The molecule has 0 unspecified atom stereocenters. The molecule has 0 spiro atoms. The van der Waals surface area contributed by atoms with E-state index in [9.17, 15) is 10.1 Å². The maximum atomic E-state index is 10.7. The van der Waals surface area contributed by atoms with Crippen molar-refractivity contribution in [3.05, 3.63) is 28.6 Å². The fourth-order valence-electron chi connectivity index (χ4n) is 1.74. The maximum Gasteiger partial charge on any atom is 0.329 e. The molecule has 7 nitrogen and oxygen atoms in total. The molecule has 1 aromatic heterocycles. The van der Waals surface area contributed by atoms with Crippen molar-refractivity contribution in [2.45, 2.75) is 0 Å². The zero-order valence-electron chi connectivity index (χ0n) is 9.95. The molecule has 1 aromatic rings. The number of nitro groups is 1. The first kappa shape index (κ1) is 12.7. The lowest BCUT2D eigenvalue weighted by Gasteiger charge is -2.26. The highest BCUT2D eigenvalue weighted by atomic mass is 16.6. The minimum absolute atomic E-state index is 0.0977. The van der Waals surface area contributed by atoms with E-state index in [0.29, 0.717) is 6.61 Å². The largest absolute Gasteiger partial charge is 0.485 e. The van der Waals surface area contributed by atoms with Crippen LogP contribution in [0.15, 0.2) is 18.5 Å². The fourth-order valence-corrected chi connectivity index (χ4v) is 1.74. The lowest BCUT2D eigenvalue weighted by atomic mass is 10.4. The Labute approximate surface area is 104 Å². The van der Waals surface area contributed by atoms with Crippen molar-refractivity contribution in [1.29, 1.82) is 0 Å². The molecular formula is C11H15N3O4. The van der Waals surface area contributed by atoms with Gasteiger partial charge in [-0.1, -0.05) is 0 Å². The second-order valence-electron chi connectivity index (χ2n) is 3.90. The molecule has 0 aromatic carbocycles. The Kier molecular flexibility index (Phi) is 4.43. The van der Waals surface area contributed by atoms with Crippen LogP contribution >= 0.6 is 0 Å². The van der Waals surface area contributed by atoms with Crippen molar-refractivity contribution >= 4 is 5.69 Å². The second kappa shape index (κ2) is 6.27. The third-order valence-corrected chi connectivity index (χ3v) is 2.73. The Morgan fingerprint density at radius 3 is 3.00 bits per heavy atom. The molecule has 2 heterocycles. The van der Waals surface area contributed by atoms with Gasteiger partial charge in [-0.15, -0.1) is 0 Å². The van der Waals surface area contributed by atoms with Crippen molar-refractivity contribution in [3.8, 4) is 5.75 Å². The molecule has 18 heavy (non-hydrogen) atoms. The summed E-state index contributed by atoms with van der Waals surface area (Å²) in [5.41, 5.74) is -0.0977. The van der Waals surface area contributed by atoms with E-state index in [1.54, 1.807) is 0 Å². The summed E-state index contributed by atoms with van der Waals surface area (Å²) in [6.07, 6.45) is 2.68.